The van der Waals surface area contributed by atoms with Crippen molar-refractivity contribution in [2.75, 3.05) is 18.1 Å². The summed E-state index contributed by atoms with van der Waals surface area (Å²) in [5.41, 5.74) is 0.451. The first-order valence-electron chi connectivity index (χ1n) is 5.43. The number of hydrogen-bond donors (Lipinski definition) is 1. The average Bonchev–Trinajstić information content (AvgIpc) is 2.39. The van der Waals surface area contributed by atoms with Crippen LogP contribution in [-0.2, 0) is 9.84 Å². The van der Waals surface area contributed by atoms with E-state index in [2.05, 4.69) is 12.2 Å². The summed E-state index contributed by atoms with van der Waals surface area (Å²) in [6.45, 7) is 3.28. The van der Waals surface area contributed by atoms with Gasteiger partial charge in [-0.3, -0.25) is 0 Å². The molecule has 1 atom stereocenters. The molecule has 0 aromatic rings. The summed E-state index contributed by atoms with van der Waals surface area (Å²) in [5.74, 6) is 0.727. The Morgan fingerprint density at radius 2 is 2.14 bits per heavy atom. The molecule has 0 amide bonds. The average molecular weight is 217 g/mol. The first-order valence-corrected chi connectivity index (χ1v) is 7.25. The quantitative estimate of drug-likeness (QED) is 0.765. The standard InChI is InChI=1S/C10H19NO2S/c1-10(4-2-5-10)8-11-9-3-6-14(12,13)7-9/h9,11H,2-8H2,1H3. The molecule has 2 aliphatic rings. The Labute approximate surface area is 86.2 Å². The van der Waals surface area contributed by atoms with Crippen LogP contribution >= 0.6 is 0 Å². The Balaban J connectivity index is 1.77. The van der Waals surface area contributed by atoms with E-state index in [-0.39, 0.29) is 6.04 Å². The van der Waals surface area contributed by atoms with Crippen molar-refractivity contribution >= 4 is 9.84 Å². The van der Waals surface area contributed by atoms with E-state index in [1.165, 1.54) is 19.3 Å². The van der Waals surface area contributed by atoms with E-state index >= 15 is 0 Å². The molecule has 1 aliphatic heterocycles. The normalized spacial score (nSPS) is 33.9. The second-order valence-corrected chi connectivity index (χ2v) is 7.37. The SMILES string of the molecule is CC1(CNC2CCS(=O)(=O)C2)CCC1. The lowest BCUT2D eigenvalue weighted by molar-refractivity contribution is 0.152. The van der Waals surface area contributed by atoms with Crippen molar-refractivity contribution in [3.63, 3.8) is 0 Å². The van der Waals surface area contributed by atoms with Gasteiger partial charge >= 0.3 is 0 Å². The maximum Gasteiger partial charge on any atom is 0.151 e. The van der Waals surface area contributed by atoms with Crippen LogP contribution < -0.4 is 5.32 Å². The van der Waals surface area contributed by atoms with Crippen molar-refractivity contribution < 1.29 is 8.42 Å². The maximum atomic E-state index is 11.2. The van der Waals surface area contributed by atoms with Crippen LogP contribution in [0.4, 0.5) is 0 Å². The minimum atomic E-state index is -2.71. The molecule has 1 unspecified atom stereocenters. The zero-order valence-electron chi connectivity index (χ0n) is 8.75. The van der Waals surface area contributed by atoms with Gasteiger partial charge in [0.1, 0.15) is 0 Å². The predicted octanol–water partition coefficient (Wildman–Crippen LogP) is 0.953. The van der Waals surface area contributed by atoms with Crippen molar-refractivity contribution in [1.82, 2.24) is 5.32 Å². The lowest BCUT2D eigenvalue weighted by Crippen LogP contribution is -2.42. The fraction of sp³-hybridized carbons (Fsp3) is 1.00. The topological polar surface area (TPSA) is 46.2 Å². The Morgan fingerprint density at radius 3 is 2.57 bits per heavy atom. The van der Waals surface area contributed by atoms with Crippen LogP contribution in [0, 0.1) is 5.41 Å². The molecule has 1 saturated carbocycles. The summed E-state index contributed by atoms with van der Waals surface area (Å²) in [7, 11) is -2.71. The van der Waals surface area contributed by atoms with Crippen molar-refractivity contribution in [3.05, 3.63) is 0 Å². The summed E-state index contributed by atoms with van der Waals surface area (Å²) >= 11 is 0. The highest BCUT2D eigenvalue weighted by Crippen LogP contribution is 2.39. The molecule has 0 radical (unpaired) electrons. The van der Waals surface area contributed by atoms with Gasteiger partial charge in [0.2, 0.25) is 0 Å². The van der Waals surface area contributed by atoms with Crippen molar-refractivity contribution in [2.45, 2.75) is 38.6 Å². The first kappa shape index (κ1) is 10.4. The molecule has 0 bridgehead atoms. The van der Waals surface area contributed by atoms with Crippen LogP contribution in [0.2, 0.25) is 0 Å². The molecule has 2 fully saturated rings. The van der Waals surface area contributed by atoms with Crippen LogP contribution in [-0.4, -0.2) is 32.5 Å². The molecule has 1 heterocycles. The summed E-state index contributed by atoms with van der Waals surface area (Å²) < 4.78 is 22.4. The summed E-state index contributed by atoms with van der Waals surface area (Å²) in [4.78, 5) is 0. The Hall–Kier alpha value is -0.0900. The monoisotopic (exact) mass is 217 g/mol. The third-order valence-corrected chi connectivity index (χ3v) is 5.38. The highest BCUT2D eigenvalue weighted by molar-refractivity contribution is 7.91. The molecule has 1 N–H and O–H groups in total. The second-order valence-electron chi connectivity index (χ2n) is 5.15. The van der Waals surface area contributed by atoms with Crippen molar-refractivity contribution in [1.29, 1.82) is 0 Å². The Kier molecular flexibility index (Phi) is 2.60. The smallest absolute Gasteiger partial charge is 0.151 e. The molecule has 3 nitrogen and oxygen atoms in total. The molecule has 0 spiro atoms. The molecule has 4 heteroatoms. The third-order valence-electron chi connectivity index (χ3n) is 3.61. The number of rotatable bonds is 3. The van der Waals surface area contributed by atoms with Gasteiger partial charge in [0, 0.05) is 12.6 Å². The van der Waals surface area contributed by atoms with Gasteiger partial charge in [-0.15, -0.1) is 0 Å². The lowest BCUT2D eigenvalue weighted by atomic mass is 9.70. The molecule has 1 saturated heterocycles. The lowest BCUT2D eigenvalue weighted by Gasteiger charge is -2.39. The van der Waals surface area contributed by atoms with Gasteiger partial charge in [0.05, 0.1) is 11.5 Å². The predicted molar refractivity (Wildman–Crippen MR) is 57.0 cm³/mol. The van der Waals surface area contributed by atoms with E-state index < -0.39 is 9.84 Å². The van der Waals surface area contributed by atoms with Gasteiger partial charge < -0.3 is 5.32 Å². The van der Waals surface area contributed by atoms with E-state index in [4.69, 9.17) is 0 Å². The summed E-state index contributed by atoms with van der Waals surface area (Å²) in [6.07, 6.45) is 4.72. The van der Waals surface area contributed by atoms with Gasteiger partial charge in [-0.2, -0.15) is 0 Å². The zero-order chi connectivity index (χ0) is 10.2. The highest BCUT2D eigenvalue weighted by Gasteiger charge is 2.34. The molecule has 2 rings (SSSR count). The van der Waals surface area contributed by atoms with Gasteiger partial charge in [-0.05, 0) is 24.7 Å². The molecule has 1 aliphatic carbocycles. The van der Waals surface area contributed by atoms with E-state index in [1.54, 1.807) is 0 Å². The molecule has 14 heavy (non-hydrogen) atoms. The Morgan fingerprint density at radius 1 is 1.43 bits per heavy atom. The van der Waals surface area contributed by atoms with Crippen molar-refractivity contribution in [3.8, 4) is 0 Å². The van der Waals surface area contributed by atoms with Crippen molar-refractivity contribution in [2.24, 2.45) is 5.41 Å². The second kappa shape index (κ2) is 3.49. The zero-order valence-corrected chi connectivity index (χ0v) is 9.57. The summed E-state index contributed by atoms with van der Waals surface area (Å²) in [5, 5.41) is 3.40. The fourth-order valence-electron chi connectivity index (χ4n) is 2.30. The Bertz CT molecular complexity index is 306. The minimum Gasteiger partial charge on any atom is -0.312 e. The number of nitrogens with one attached hydrogen (secondary N) is 1. The van der Waals surface area contributed by atoms with E-state index in [1.807, 2.05) is 0 Å². The fourth-order valence-corrected chi connectivity index (χ4v) is 4.01. The van der Waals surface area contributed by atoms with E-state index in [0.29, 0.717) is 16.9 Å². The molecular weight excluding hydrogens is 198 g/mol. The molecular formula is C10H19NO2S. The van der Waals surface area contributed by atoms with Gasteiger partial charge in [0.25, 0.3) is 0 Å². The van der Waals surface area contributed by atoms with Gasteiger partial charge in [0.15, 0.2) is 9.84 Å². The van der Waals surface area contributed by atoms with E-state index in [9.17, 15) is 8.42 Å². The van der Waals surface area contributed by atoms with Crippen LogP contribution in [0.5, 0.6) is 0 Å². The first-order chi connectivity index (χ1) is 6.49. The largest absolute Gasteiger partial charge is 0.312 e. The van der Waals surface area contributed by atoms with E-state index in [0.717, 1.165) is 13.0 Å². The molecule has 82 valence electrons. The number of sulfone groups is 1. The molecule has 0 aromatic heterocycles. The van der Waals surface area contributed by atoms with Gasteiger partial charge in [-0.25, -0.2) is 8.42 Å². The highest BCUT2D eigenvalue weighted by atomic mass is 32.2. The van der Waals surface area contributed by atoms with Crippen LogP contribution in [0.15, 0.2) is 0 Å². The molecule has 0 aromatic carbocycles. The minimum absolute atomic E-state index is 0.220. The van der Waals surface area contributed by atoms with Gasteiger partial charge in [-0.1, -0.05) is 13.3 Å². The van der Waals surface area contributed by atoms with Crippen LogP contribution in [0.1, 0.15) is 32.6 Å². The number of hydrogen-bond acceptors (Lipinski definition) is 3. The van der Waals surface area contributed by atoms with Crippen LogP contribution in [0.3, 0.4) is 0 Å². The summed E-state index contributed by atoms with van der Waals surface area (Å²) in [6, 6.07) is 0.220. The van der Waals surface area contributed by atoms with Crippen LogP contribution in [0.25, 0.3) is 0 Å². The third kappa shape index (κ3) is 2.28. The maximum absolute atomic E-state index is 11.2.